The summed E-state index contributed by atoms with van der Waals surface area (Å²) in [5.41, 5.74) is 3.04. The van der Waals surface area contributed by atoms with Crippen molar-refractivity contribution >= 4 is 33.4 Å². The van der Waals surface area contributed by atoms with Gasteiger partial charge in [-0.1, -0.05) is 12.1 Å². The molecule has 8 nitrogen and oxygen atoms in total. The predicted octanol–water partition coefficient (Wildman–Crippen LogP) is 2.42. The lowest BCUT2D eigenvalue weighted by molar-refractivity contribution is -0.116. The minimum Gasteiger partial charge on any atom is -0.447 e. The molecule has 1 fully saturated rings. The molecule has 1 saturated heterocycles. The molecule has 0 radical (unpaired) electrons. The van der Waals surface area contributed by atoms with Crippen molar-refractivity contribution in [2.75, 3.05) is 29.5 Å². The summed E-state index contributed by atoms with van der Waals surface area (Å²) in [6.07, 6.45) is 1.13. The molecule has 30 heavy (non-hydrogen) atoms. The van der Waals surface area contributed by atoms with E-state index in [0.29, 0.717) is 25.4 Å². The lowest BCUT2D eigenvalue weighted by atomic mass is 10.0. The van der Waals surface area contributed by atoms with Gasteiger partial charge in [-0.3, -0.25) is 9.69 Å². The van der Waals surface area contributed by atoms with E-state index in [1.807, 2.05) is 0 Å². The Morgan fingerprint density at radius 3 is 2.73 bits per heavy atom. The van der Waals surface area contributed by atoms with Crippen LogP contribution in [-0.2, 0) is 32.5 Å². The second-order valence-electron chi connectivity index (χ2n) is 7.33. The number of amides is 2. The molecule has 2 aliphatic rings. The molecule has 2 amide bonds. The number of carbonyl (C=O) groups is 2. The number of fused-ring (bicyclic) bond motifs is 1. The summed E-state index contributed by atoms with van der Waals surface area (Å²) in [5.74, 6) is -0.0496. The molecule has 2 aromatic carbocycles. The van der Waals surface area contributed by atoms with Crippen molar-refractivity contribution in [1.82, 2.24) is 4.72 Å². The first-order valence-electron chi connectivity index (χ1n) is 9.79. The van der Waals surface area contributed by atoms with Crippen molar-refractivity contribution in [3.8, 4) is 0 Å². The molecular weight excluding hydrogens is 406 g/mol. The zero-order valence-corrected chi connectivity index (χ0v) is 17.4. The summed E-state index contributed by atoms with van der Waals surface area (Å²) < 4.78 is 33.2. The van der Waals surface area contributed by atoms with Crippen molar-refractivity contribution < 1.29 is 22.7 Å². The van der Waals surface area contributed by atoms with Gasteiger partial charge in [0, 0.05) is 31.4 Å². The molecule has 0 aromatic heterocycles. The first-order chi connectivity index (χ1) is 14.3. The normalized spacial score (nSPS) is 16.4. The Morgan fingerprint density at radius 2 is 2.00 bits per heavy atom. The molecule has 1 N–H and O–H groups in total. The van der Waals surface area contributed by atoms with Crippen LogP contribution in [0, 0.1) is 0 Å². The first-order valence-corrected chi connectivity index (χ1v) is 11.3. The van der Waals surface area contributed by atoms with Crippen molar-refractivity contribution in [2.45, 2.75) is 31.2 Å². The Hall–Kier alpha value is -2.91. The van der Waals surface area contributed by atoms with E-state index in [9.17, 15) is 18.0 Å². The van der Waals surface area contributed by atoms with E-state index in [0.717, 1.165) is 29.7 Å². The van der Waals surface area contributed by atoms with E-state index in [2.05, 4.69) is 4.72 Å². The second-order valence-corrected chi connectivity index (χ2v) is 9.09. The van der Waals surface area contributed by atoms with Crippen LogP contribution in [0.3, 0.4) is 0 Å². The highest BCUT2D eigenvalue weighted by Gasteiger charge is 2.25. The number of aryl methyl sites for hydroxylation is 1. The van der Waals surface area contributed by atoms with Crippen LogP contribution >= 0.6 is 0 Å². The molecule has 2 aromatic rings. The van der Waals surface area contributed by atoms with Crippen LogP contribution in [0.2, 0.25) is 0 Å². The predicted molar refractivity (Wildman–Crippen MR) is 112 cm³/mol. The van der Waals surface area contributed by atoms with Crippen molar-refractivity contribution in [3.63, 3.8) is 0 Å². The van der Waals surface area contributed by atoms with Gasteiger partial charge in [-0.25, -0.2) is 17.9 Å². The van der Waals surface area contributed by atoms with E-state index in [1.54, 1.807) is 41.3 Å². The molecule has 0 aliphatic carbocycles. The SMILES string of the molecule is CC(=O)N1CCCc2cc(S(=O)(=O)NCc3cccc(N4CCOC4=O)c3)ccc21. The number of anilines is 2. The van der Waals surface area contributed by atoms with Gasteiger partial charge < -0.3 is 9.64 Å². The molecule has 0 unspecified atom stereocenters. The minimum absolute atomic E-state index is 0.0496. The van der Waals surface area contributed by atoms with Crippen molar-refractivity contribution in [3.05, 3.63) is 53.6 Å². The third-order valence-electron chi connectivity index (χ3n) is 5.31. The average molecular weight is 429 g/mol. The first kappa shape index (κ1) is 20.4. The maximum atomic E-state index is 12.8. The Labute approximate surface area is 175 Å². The second kappa shape index (κ2) is 8.08. The van der Waals surface area contributed by atoms with Crippen LogP contribution < -0.4 is 14.5 Å². The zero-order valence-electron chi connectivity index (χ0n) is 16.6. The fourth-order valence-corrected chi connectivity index (χ4v) is 4.86. The number of hydrogen-bond acceptors (Lipinski definition) is 5. The van der Waals surface area contributed by atoms with Crippen LogP contribution in [0.15, 0.2) is 47.4 Å². The standard InChI is InChI=1S/C21H23N3O5S/c1-15(25)23-9-3-5-17-13-19(7-8-20(17)23)30(27,28)22-14-16-4-2-6-18(12-16)24-10-11-29-21(24)26/h2,4,6-8,12-13,22H,3,5,9-11,14H2,1H3. The van der Waals surface area contributed by atoms with Crippen LogP contribution in [0.4, 0.5) is 16.2 Å². The molecular formula is C21H23N3O5S. The van der Waals surface area contributed by atoms with Gasteiger partial charge >= 0.3 is 6.09 Å². The maximum absolute atomic E-state index is 12.8. The number of rotatable bonds is 5. The minimum atomic E-state index is -3.73. The number of ether oxygens (including phenoxy) is 1. The Balaban J connectivity index is 1.50. The number of carbonyl (C=O) groups excluding carboxylic acids is 2. The number of hydrogen-bond donors (Lipinski definition) is 1. The molecule has 158 valence electrons. The molecule has 0 atom stereocenters. The van der Waals surface area contributed by atoms with Crippen LogP contribution in [0.25, 0.3) is 0 Å². The third-order valence-corrected chi connectivity index (χ3v) is 6.71. The smallest absolute Gasteiger partial charge is 0.414 e. The third kappa shape index (κ3) is 4.03. The van der Waals surface area contributed by atoms with E-state index in [4.69, 9.17) is 4.74 Å². The highest BCUT2D eigenvalue weighted by Crippen LogP contribution is 2.29. The summed E-state index contributed by atoms with van der Waals surface area (Å²) in [6, 6.07) is 12.0. The summed E-state index contributed by atoms with van der Waals surface area (Å²) in [4.78, 5) is 26.9. The molecule has 0 saturated carbocycles. The number of nitrogens with one attached hydrogen (secondary N) is 1. The van der Waals surface area contributed by atoms with Gasteiger partial charge in [0.05, 0.1) is 11.4 Å². The zero-order chi connectivity index (χ0) is 21.3. The van der Waals surface area contributed by atoms with Gasteiger partial charge in [0.25, 0.3) is 0 Å². The highest BCUT2D eigenvalue weighted by atomic mass is 32.2. The fraction of sp³-hybridized carbons (Fsp3) is 0.333. The van der Waals surface area contributed by atoms with Gasteiger partial charge in [-0.2, -0.15) is 0 Å². The van der Waals surface area contributed by atoms with Crippen molar-refractivity contribution in [2.24, 2.45) is 0 Å². The number of nitrogens with zero attached hydrogens (tertiary/aromatic N) is 2. The summed E-state index contributed by atoms with van der Waals surface area (Å²) in [7, 11) is -3.73. The summed E-state index contributed by atoms with van der Waals surface area (Å²) in [6.45, 7) is 3.07. The van der Waals surface area contributed by atoms with Gasteiger partial charge in [0.2, 0.25) is 15.9 Å². The Kier molecular flexibility index (Phi) is 5.48. The van der Waals surface area contributed by atoms with Gasteiger partial charge in [-0.05, 0) is 54.3 Å². The van der Waals surface area contributed by atoms with Gasteiger partial charge in [0.1, 0.15) is 6.61 Å². The molecule has 0 spiro atoms. The molecule has 2 aliphatic heterocycles. The maximum Gasteiger partial charge on any atom is 0.414 e. The number of sulfonamides is 1. The topological polar surface area (TPSA) is 96.0 Å². The molecule has 4 rings (SSSR count). The lowest BCUT2D eigenvalue weighted by Gasteiger charge is -2.28. The fourth-order valence-electron chi connectivity index (χ4n) is 3.79. The van der Waals surface area contributed by atoms with Crippen LogP contribution in [-0.4, -0.2) is 40.1 Å². The molecule has 2 heterocycles. The van der Waals surface area contributed by atoms with Gasteiger partial charge in [-0.15, -0.1) is 0 Å². The monoisotopic (exact) mass is 429 g/mol. The van der Waals surface area contributed by atoms with Crippen LogP contribution in [0.5, 0.6) is 0 Å². The number of benzene rings is 2. The summed E-state index contributed by atoms with van der Waals surface area (Å²) in [5, 5.41) is 0. The largest absolute Gasteiger partial charge is 0.447 e. The molecule has 0 bridgehead atoms. The number of cyclic esters (lactones) is 1. The Morgan fingerprint density at radius 1 is 1.17 bits per heavy atom. The molecule has 9 heteroatoms. The summed E-state index contributed by atoms with van der Waals surface area (Å²) >= 11 is 0. The lowest BCUT2D eigenvalue weighted by Crippen LogP contribution is -2.33. The van der Waals surface area contributed by atoms with E-state index in [1.165, 1.54) is 17.9 Å². The Bertz CT molecular complexity index is 1100. The van der Waals surface area contributed by atoms with Crippen molar-refractivity contribution in [1.29, 1.82) is 0 Å². The van der Waals surface area contributed by atoms with E-state index >= 15 is 0 Å². The average Bonchev–Trinajstić information content (AvgIpc) is 3.17. The van der Waals surface area contributed by atoms with E-state index < -0.39 is 16.1 Å². The van der Waals surface area contributed by atoms with Gasteiger partial charge in [0.15, 0.2) is 0 Å². The van der Waals surface area contributed by atoms with E-state index in [-0.39, 0.29) is 17.3 Å². The van der Waals surface area contributed by atoms with Crippen LogP contribution in [0.1, 0.15) is 24.5 Å². The highest BCUT2D eigenvalue weighted by molar-refractivity contribution is 7.89. The quantitative estimate of drug-likeness (QED) is 0.788.